The molecule has 4 aromatic rings. The minimum absolute atomic E-state index is 0.169. The number of nitrogens with zero attached hydrogens (tertiary/aromatic N) is 5. The molecular formula is C23H23N5OS2. The molecule has 3 aromatic heterocycles. The number of carbonyl (C=O) groups is 1. The summed E-state index contributed by atoms with van der Waals surface area (Å²) >= 11 is 3.23. The summed E-state index contributed by atoms with van der Waals surface area (Å²) in [6.45, 7) is 7.07. The number of aromatic nitrogens is 3. The number of benzene rings is 1. The van der Waals surface area contributed by atoms with Crippen molar-refractivity contribution in [3.63, 3.8) is 0 Å². The van der Waals surface area contributed by atoms with Crippen LogP contribution >= 0.6 is 22.7 Å². The van der Waals surface area contributed by atoms with E-state index in [0.717, 1.165) is 49.7 Å². The van der Waals surface area contributed by atoms with Gasteiger partial charge in [-0.2, -0.15) is 0 Å². The van der Waals surface area contributed by atoms with Gasteiger partial charge in [-0.05, 0) is 26.0 Å². The van der Waals surface area contributed by atoms with Crippen molar-refractivity contribution in [1.82, 2.24) is 19.9 Å². The number of hydrogen-bond donors (Lipinski definition) is 0. The number of piperazine rings is 1. The lowest BCUT2D eigenvalue weighted by Gasteiger charge is -2.34. The molecule has 0 N–H and O–H groups in total. The molecule has 31 heavy (non-hydrogen) atoms. The van der Waals surface area contributed by atoms with Crippen molar-refractivity contribution in [2.24, 2.45) is 0 Å². The van der Waals surface area contributed by atoms with Crippen molar-refractivity contribution in [3.05, 3.63) is 58.0 Å². The summed E-state index contributed by atoms with van der Waals surface area (Å²) in [6.07, 6.45) is 2.20. The number of amides is 1. The Balaban J connectivity index is 1.26. The second-order valence-corrected chi connectivity index (χ2v) is 9.98. The van der Waals surface area contributed by atoms with Gasteiger partial charge in [-0.15, -0.1) is 11.3 Å². The molecule has 8 heteroatoms. The minimum Gasteiger partial charge on any atom is -0.344 e. The molecule has 158 valence electrons. The van der Waals surface area contributed by atoms with E-state index in [-0.39, 0.29) is 5.91 Å². The van der Waals surface area contributed by atoms with Gasteiger partial charge in [0.15, 0.2) is 5.13 Å². The first-order valence-electron chi connectivity index (χ1n) is 10.3. The maximum Gasteiger partial charge on any atom is 0.228 e. The molecule has 1 aromatic carbocycles. The van der Waals surface area contributed by atoms with Gasteiger partial charge in [0, 0.05) is 42.8 Å². The quantitative estimate of drug-likeness (QED) is 0.464. The van der Waals surface area contributed by atoms with Crippen LogP contribution < -0.4 is 4.90 Å². The van der Waals surface area contributed by atoms with Gasteiger partial charge in [0.1, 0.15) is 10.3 Å². The van der Waals surface area contributed by atoms with E-state index in [1.165, 1.54) is 5.56 Å². The fraction of sp³-hybridized carbons (Fsp3) is 0.304. The number of fused-ring (bicyclic) bond motifs is 1. The highest BCUT2D eigenvalue weighted by Gasteiger charge is 2.25. The predicted molar refractivity (Wildman–Crippen MR) is 127 cm³/mol. The lowest BCUT2D eigenvalue weighted by molar-refractivity contribution is -0.130. The first-order valence-corrected chi connectivity index (χ1v) is 12.0. The smallest absolute Gasteiger partial charge is 0.228 e. The molecule has 1 aliphatic rings. The molecule has 6 nitrogen and oxygen atoms in total. The van der Waals surface area contributed by atoms with Gasteiger partial charge in [0.25, 0.3) is 0 Å². The number of carbonyl (C=O) groups excluding carboxylic acids is 1. The molecule has 5 rings (SSSR count). The second kappa shape index (κ2) is 8.36. The number of pyridine rings is 1. The Morgan fingerprint density at radius 1 is 1.00 bits per heavy atom. The van der Waals surface area contributed by atoms with E-state index in [4.69, 9.17) is 9.97 Å². The zero-order chi connectivity index (χ0) is 21.4. The molecule has 0 saturated carbocycles. The number of hydrogen-bond acceptors (Lipinski definition) is 7. The third kappa shape index (κ3) is 4.18. The normalized spacial score (nSPS) is 14.4. The summed E-state index contributed by atoms with van der Waals surface area (Å²) in [6, 6.07) is 12.3. The number of anilines is 1. The van der Waals surface area contributed by atoms with E-state index in [1.54, 1.807) is 28.9 Å². The highest BCUT2D eigenvalue weighted by molar-refractivity contribution is 7.21. The number of thiazole rings is 2. The second-order valence-electron chi connectivity index (χ2n) is 7.74. The zero-order valence-corrected chi connectivity index (χ0v) is 19.2. The van der Waals surface area contributed by atoms with Gasteiger partial charge in [0.2, 0.25) is 5.91 Å². The fourth-order valence-electron chi connectivity index (χ4n) is 3.82. The molecule has 0 unspecified atom stereocenters. The maximum atomic E-state index is 13.1. The number of aryl methyl sites for hydroxylation is 2. The van der Waals surface area contributed by atoms with Crippen molar-refractivity contribution < 1.29 is 4.79 Å². The van der Waals surface area contributed by atoms with Crippen molar-refractivity contribution in [2.45, 2.75) is 20.3 Å². The summed E-state index contributed by atoms with van der Waals surface area (Å²) in [5.74, 6) is 0.169. The summed E-state index contributed by atoms with van der Waals surface area (Å²) in [5, 5.41) is 1.98. The molecule has 1 aliphatic heterocycles. The van der Waals surface area contributed by atoms with E-state index in [1.807, 2.05) is 24.0 Å². The Bertz CT molecular complexity index is 1190. The SMILES string of the molecule is Cc1ccc(-c2nc(C)sc2CC(=O)N2CCN(c3nc4cccnc4s3)CC2)cc1. The maximum absolute atomic E-state index is 13.1. The Hall–Kier alpha value is -2.84. The van der Waals surface area contributed by atoms with Crippen LogP contribution in [0.15, 0.2) is 42.6 Å². The van der Waals surface area contributed by atoms with Crippen LogP contribution in [0.3, 0.4) is 0 Å². The molecule has 0 aliphatic carbocycles. The molecule has 0 radical (unpaired) electrons. The van der Waals surface area contributed by atoms with Crippen molar-refractivity contribution >= 4 is 44.1 Å². The van der Waals surface area contributed by atoms with E-state index in [9.17, 15) is 4.79 Å². The highest BCUT2D eigenvalue weighted by atomic mass is 32.1. The van der Waals surface area contributed by atoms with Crippen molar-refractivity contribution in [3.8, 4) is 11.3 Å². The third-order valence-corrected chi connectivity index (χ3v) is 7.51. The van der Waals surface area contributed by atoms with Gasteiger partial charge in [-0.3, -0.25) is 4.79 Å². The van der Waals surface area contributed by atoms with Crippen LogP contribution in [-0.2, 0) is 11.2 Å². The molecule has 0 bridgehead atoms. The lowest BCUT2D eigenvalue weighted by atomic mass is 10.1. The zero-order valence-electron chi connectivity index (χ0n) is 17.5. The molecule has 1 fully saturated rings. The standard InChI is InChI=1S/C23H23N5OS2/c1-15-5-7-17(8-6-15)21-19(30-16(2)25-21)14-20(29)27-10-12-28(13-11-27)23-26-18-4-3-9-24-22(18)31-23/h3-9H,10-14H2,1-2H3. The Kier molecular flexibility index (Phi) is 5.41. The van der Waals surface area contributed by atoms with E-state index >= 15 is 0 Å². The van der Waals surface area contributed by atoms with Crippen LogP contribution in [0, 0.1) is 13.8 Å². The molecule has 0 atom stereocenters. The largest absolute Gasteiger partial charge is 0.344 e. The monoisotopic (exact) mass is 449 g/mol. The van der Waals surface area contributed by atoms with Crippen LogP contribution in [0.5, 0.6) is 0 Å². The van der Waals surface area contributed by atoms with Crippen molar-refractivity contribution in [1.29, 1.82) is 0 Å². The average Bonchev–Trinajstić information content (AvgIpc) is 3.37. The van der Waals surface area contributed by atoms with Crippen molar-refractivity contribution in [2.75, 3.05) is 31.1 Å². The van der Waals surface area contributed by atoms with E-state index in [2.05, 4.69) is 41.1 Å². The summed E-state index contributed by atoms with van der Waals surface area (Å²) < 4.78 is 0. The highest BCUT2D eigenvalue weighted by Crippen LogP contribution is 2.30. The Morgan fingerprint density at radius 3 is 2.52 bits per heavy atom. The number of rotatable bonds is 4. The van der Waals surface area contributed by atoms with Gasteiger partial charge < -0.3 is 9.80 Å². The lowest BCUT2D eigenvalue weighted by Crippen LogP contribution is -2.49. The summed E-state index contributed by atoms with van der Waals surface area (Å²) in [7, 11) is 0. The molecule has 4 heterocycles. The average molecular weight is 450 g/mol. The third-order valence-electron chi connectivity index (χ3n) is 5.50. The van der Waals surface area contributed by atoms with Crippen LogP contribution in [0.4, 0.5) is 5.13 Å². The van der Waals surface area contributed by atoms with E-state index < -0.39 is 0 Å². The van der Waals surface area contributed by atoms with Crippen LogP contribution in [0.1, 0.15) is 15.4 Å². The van der Waals surface area contributed by atoms with Crippen LogP contribution in [0.25, 0.3) is 21.6 Å². The summed E-state index contributed by atoms with van der Waals surface area (Å²) in [4.78, 5) is 33.1. The topological polar surface area (TPSA) is 62.2 Å². The summed E-state index contributed by atoms with van der Waals surface area (Å²) in [5.41, 5.74) is 4.17. The predicted octanol–water partition coefficient (Wildman–Crippen LogP) is 4.32. The molecule has 1 amide bonds. The van der Waals surface area contributed by atoms with Crippen LogP contribution in [-0.4, -0.2) is 51.9 Å². The molecular weight excluding hydrogens is 426 g/mol. The fourth-order valence-corrected chi connectivity index (χ4v) is 5.73. The molecule has 0 spiro atoms. The Labute approximate surface area is 189 Å². The first kappa shape index (κ1) is 20.1. The molecule has 1 saturated heterocycles. The van der Waals surface area contributed by atoms with Gasteiger partial charge in [0.05, 0.1) is 17.1 Å². The Morgan fingerprint density at radius 2 is 1.77 bits per heavy atom. The van der Waals surface area contributed by atoms with Gasteiger partial charge in [-0.25, -0.2) is 15.0 Å². The van der Waals surface area contributed by atoms with Gasteiger partial charge in [-0.1, -0.05) is 41.2 Å². The van der Waals surface area contributed by atoms with Crippen LogP contribution in [0.2, 0.25) is 0 Å². The van der Waals surface area contributed by atoms with Gasteiger partial charge >= 0.3 is 0 Å². The first-order chi connectivity index (χ1) is 15.1. The minimum atomic E-state index is 0.169. The van der Waals surface area contributed by atoms with E-state index in [0.29, 0.717) is 19.5 Å².